The lowest BCUT2D eigenvalue weighted by atomic mass is 9.96. The molecule has 28 heavy (non-hydrogen) atoms. The Bertz CT molecular complexity index is 774. The molecule has 0 spiro atoms. The summed E-state index contributed by atoms with van der Waals surface area (Å²) >= 11 is 0. The Morgan fingerprint density at radius 1 is 1.07 bits per heavy atom. The van der Waals surface area contributed by atoms with Gasteiger partial charge in [-0.1, -0.05) is 57.4 Å². The van der Waals surface area contributed by atoms with Crippen molar-refractivity contribution in [2.24, 2.45) is 0 Å². The van der Waals surface area contributed by atoms with Gasteiger partial charge in [-0.25, -0.2) is 0 Å². The number of anilines is 1. The second kappa shape index (κ2) is 10.5. The molecule has 0 radical (unpaired) electrons. The highest BCUT2D eigenvalue weighted by Crippen LogP contribution is 2.33. The SMILES string of the molecule is CCCCCC(C)(OCC)C(=O)Nc1ccc(OC(C)CC)c2ccccc12. The molecule has 0 saturated carbocycles. The maximum atomic E-state index is 13.1. The minimum Gasteiger partial charge on any atom is -0.490 e. The summed E-state index contributed by atoms with van der Waals surface area (Å²) in [5, 5.41) is 5.09. The average Bonchev–Trinajstić information content (AvgIpc) is 2.70. The van der Waals surface area contributed by atoms with E-state index >= 15 is 0 Å². The van der Waals surface area contributed by atoms with Crippen LogP contribution in [0.1, 0.15) is 66.7 Å². The summed E-state index contributed by atoms with van der Waals surface area (Å²) in [6, 6.07) is 11.9. The molecule has 2 atom stereocenters. The molecular weight excluding hydrogens is 350 g/mol. The van der Waals surface area contributed by atoms with Gasteiger partial charge in [0.2, 0.25) is 0 Å². The summed E-state index contributed by atoms with van der Waals surface area (Å²) in [7, 11) is 0. The molecule has 0 aliphatic carbocycles. The zero-order valence-electron chi connectivity index (χ0n) is 18.0. The van der Waals surface area contributed by atoms with Crippen LogP contribution in [-0.2, 0) is 9.53 Å². The summed E-state index contributed by atoms with van der Waals surface area (Å²) in [5.41, 5.74) is -0.0322. The van der Waals surface area contributed by atoms with Gasteiger partial charge in [0.05, 0.1) is 6.10 Å². The molecule has 4 heteroatoms. The largest absolute Gasteiger partial charge is 0.490 e. The number of nitrogens with one attached hydrogen (secondary N) is 1. The number of ether oxygens (including phenoxy) is 2. The Morgan fingerprint density at radius 3 is 2.43 bits per heavy atom. The molecule has 2 rings (SSSR count). The highest BCUT2D eigenvalue weighted by atomic mass is 16.5. The van der Waals surface area contributed by atoms with Crippen molar-refractivity contribution in [3.63, 3.8) is 0 Å². The van der Waals surface area contributed by atoms with E-state index in [1.807, 2.05) is 50.2 Å². The standard InChI is InChI=1S/C24H35NO3/c1-6-9-12-17-24(5,27-8-3)23(26)25-21-15-16-22(28-18(4)7-2)20-14-11-10-13-19(20)21/h10-11,13-16,18H,6-9,12,17H2,1-5H3,(H,25,26). The van der Waals surface area contributed by atoms with E-state index in [0.717, 1.165) is 47.9 Å². The zero-order valence-corrected chi connectivity index (χ0v) is 18.0. The summed E-state index contributed by atoms with van der Waals surface area (Å²) in [4.78, 5) is 13.1. The van der Waals surface area contributed by atoms with E-state index in [4.69, 9.17) is 9.47 Å². The molecule has 2 aromatic rings. The fraction of sp³-hybridized carbons (Fsp3) is 0.542. The summed E-state index contributed by atoms with van der Waals surface area (Å²) in [6.07, 6.45) is 4.99. The van der Waals surface area contributed by atoms with Gasteiger partial charge < -0.3 is 14.8 Å². The molecule has 1 N–H and O–H groups in total. The second-order valence-electron chi connectivity index (χ2n) is 7.57. The number of amides is 1. The van der Waals surface area contributed by atoms with Crippen molar-refractivity contribution >= 4 is 22.4 Å². The van der Waals surface area contributed by atoms with Crippen molar-refractivity contribution in [2.45, 2.75) is 78.4 Å². The number of carbonyl (C=O) groups is 1. The Labute approximate surface area is 169 Å². The summed E-state index contributed by atoms with van der Waals surface area (Å²) in [6.45, 7) is 10.7. The number of hydrogen-bond acceptors (Lipinski definition) is 3. The van der Waals surface area contributed by atoms with E-state index < -0.39 is 5.60 Å². The van der Waals surface area contributed by atoms with Crippen LogP contribution in [-0.4, -0.2) is 24.2 Å². The lowest BCUT2D eigenvalue weighted by Crippen LogP contribution is -2.42. The van der Waals surface area contributed by atoms with E-state index in [9.17, 15) is 4.79 Å². The maximum absolute atomic E-state index is 13.1. The van der Waals surface area contributed by atoms with E-state index in [1.165, 1.54) is 0 Å². The lowest BCUT2D eigenvalue weighted by molar-refractivity contribution is -0.139. The third kappa shape index (κ3) is 5.48. The van der Waals surface area contributed by atoms with Crippen LogP contribution in [0.3, 0.4) is 0 Å². The third-order valence-electron chi connectivity index (χ3n) is 5.24. The topological polar surface area (TPSA) is 47.6 Å². The van der Waals surface area contributed by atoms with Crippen LogP contribution in [0.5, 0.6) is 5.75 Å². The van der Waals surface area contributed by atoms with Crippen LogP contribution in [0, 0.1) is 0 Å². The van der Waals surface area contributed by atoms with Gasteiger partial charge in [0.1, 0.15) is 11.4 Å². The zero-order chi connectivity index (χ0) is 20.6. The first-order chi connectivity index (χ1) is 13.4. The van der Waals surface area contributed by atoms with Crippen LogP contribution in [0.2, 0.25) is 0 Å². The number of unbranched alkanes of at least 4 members (excludes halogenated alkanes) is 2. The van der Waals surface area contributed by atoms with Gasteiger partial charge in [-0.15, -0.1) is 0 Å². The summed E-state index contributed by atoms with van der Waals surface area (Å²) < 4.78 is 11.9. The van der Waals surface area contributed by atoms with Gasteiger partial charge in [0.15, 0.2) is 0 Å². The minimum absolute atomic E-state index is 0.0915. The van der Waals surface area contributed by atoms with Crippen LogP contribution in [0.4, 0.5) is 5.69 Å². The normalized spacial score (nSPS) is 14.5. The highest BCUT2D eigenvalue weighted by Gasteiger charge is 2.33. The first kappa shape index (κ1) is 22.2. The van der Waals surface area contributed by atoms with Crippen LogP contribution >= 0.6 is 0 Å². The second-order valence-corrected chi connectivity index (χ2v) is 7.57. The fourth-order valence-electron chi connectivity index (χ4n) is 3.32. The Kier molecular flexibility index (Phi) is 8.31. The molecule has 0 saturated heterocycles. The van der Waals surface area contributed by atoms with Crippen molar-refractivity contribution in [3.8, 4) is 5.75 Å². The average molecular weight is 386 g/mol. The molecule has 1 amide bonds. The van der Waals surface area contributed by atoms with E-state index in [1.54, 1.807) is 0 Å². The van der Waals surface area contributed by atoms with Crippen molar-refractivity contribution < 1.29 is 14.3 Å². The van der Waals surface area contributed by atoms with Crippen LogP contribution < -0.4 is 10.1 Å². The minimum atomic E-state index is -0.823. The predicted molar refractivity (Wildman–Crippen MR) is 117 cm³/mol. The molecule has 0 bridgehead atoms. The number of rotatable bonds is 11. The molecule has 0 fully saturated rings. The van der Waals surface area contributed by atoms with Gasteiger partial charge in [-0.3, -0.25) is 4.79 Å². The number of benzene rings is 2. The Hall–Kier alpha value is -2.07. The molecular formula is C24H35NO3. The lowest BCUT2D eigenvalue weighted by Gasteiger charge is -2.28. The first-order valence-corrected chi connectivity index (χ1v) is 10.6. The van der Waals surface area contributed by atoms with Crippen molar-refractivity contribution in [1.82, 2.24) is 0 Å². The van der Waals surface area contributed by atoms with Gasteiger partial charge in [0, 0.05) is 23.1 Å². The fourth-order valence-corrected chi connectivity index (χ4v) is 3.32. The first-order valence-electron chi connectivity index (χ1n) is 10.6. The van der Waals surface area contributed by atoms with E-state index in [2.05, 4.69) is 26.1 Å². The quantitative estimate of drug-likeness (QED) is 0.460. The summed E-state index contributed by atoms with van der Waals surface area (Å²) in [5.74, 6) is 0.754. The molecule has 0 aliphatic rings. The number of carbonyl (C=O) groups excluding carboxylic acids is 1. The maximum Gasteiger partial charge on any atom is 0.256 e. The monoisotopic (exact) mass is 385 g/mol. The Balaban J connectivity index is 2.29. The van der Waals surface area contributed by atoms with Gasteiger partial charge in [0.25, 0.3) is 5.91 Å². The van der Waals surface area contributed by atoms with Gasteiger partial charge in [-0.2, -0.15) is 0 Å². The van der Waals surface area contributed by atoms with E-state index in [0.29, 0.717) is 13.0 Å². The highest BCUT2D eigenvalue weighted by molar-refractivity contribution is 6.06. The molecule has 2 aromatic carbocycles. The third-order valence-corrected chi connectivity index (χ3v) is 5.24. The van der Waals surface area contributed by atoms with Crippen LogP contribution in [0.15, 0.2) is 36.4 Å². The molecule has 154 valence electrons. The van der Waals surface area contributed by atoms with Crippen molar-refractivity contribution in [2.75, 3.05) is 11.9 Å². The van der Waals surface area contributed by atoms with Crippen LogP contribution in [0.25, 0.3) is 10.8 Å². The van der Waals surface area contributed by atoms with Gasteiger partial charge >= 0.3 is 0 Å². The molecule has 2 unspecified atom stereocenters. The number of hydrogen-bond donors (Lipinski definition) is 1. The number of fused-ring (bicyclic) bond motifs is 1. The molecule has 0 aliphatic heterocycles. The van der Waals surface area contributed by atoms with E-state index in [-0.39, 0.29) is 12.0 Å². The smallest absolute Gasteiger partial charge is 0.256 e. The van der Waals surface area contributed by atoms with Gasteiger partial charge in [-0.05, 0) is 45.7 Å². The molecule has 0 aromatic heterocycles. The predicted octanol–water partition coefficient (Wildman–Crippen LogP) is 6.33. The van der Waals surface area contributed by atoms with Crippen molar-refractivity contribution in [3.05, 3.63) is 36.4 Å². The van der Waals surface area contributed by atoms with Crippen molar-refractivity contribution in [1.29, 1.82) is 0 Å². The molecule has 4 nitrogen and oxygen atoms in total. The molecule has 0 heterocycles. The Morgan fingerprint density at radius 2 is 1.79 bits per heavy atom.